The molecule has 9 rings (SSSR count). The fourth-order valence-corrected chi connectivity index (χ4v) is 6.19. The van der Waals surface area contributed by atoms with Crippen molar-refractivity contribution < 1.29 is 4.42 Å². The Hall–Kier alpha value is -6.46. The van der Waals surface area contributed by atoms with Gasteiger partial charge in [-0.05, 0) is 46.5 Å². The molecule has 220 valence electrons. The van der Waals surface area contributed by atoms with Crippen LogP contribution in [0, 0.1) is 0 Å². The highest BCUT2D eigenvalue weighted by molar-refractivity contribution is 6.14. The third-order valence-corrected chi connectivity index (χ3v) is 8.53. The normalized spacial score (nSPS) is 11.4. The van der Waals surface area contributed by atoms with Gasteiger partial charge in [0.05, 0.1) is 5.52 Å². The van der Waals surface area contributed by atoms with Crippen molar-refractivity contribution in [3.05, 3.63) is 158 Å². The zero-order chi connectivity index (χ0) is 31.2. The maximum atomic E-state index is 6.53. The molecule has 3 heterocycles. The lowest BCUT2D eigenvalue weighted by Gasteiger charge is -2.11. The topological polar surface area (TPSA) is 64.7 Å². The Balaban J connectivity index is 1.31. The summed E-state index contributed by atoms with van der Waals surface area (Å²) in [6.07, 6.45) is 0. The van der Waals surface area contributed by atoms with Crippen LogP contribution >= 0.6 is 0 Å². The maximum Gasteiger partial charge on any atom is 0.227 e. The molecule has 3 aromatic heterocycles. The fraction of sp³-hybridized carbons (Fsp3) is 0. The van der Waals surface area contributed by atoms with E-state index in [1.165, 1.54) is 5.56 Å². The van der Waals surface area contributed by atoms with Crippen LogP contribution in [0.5, 0.6) is 0 Å². The largest absolute Gasteiger partial charge is 0.438 e. The first-order valence-electron chi connectivity index (χ1n) is 15.6. The van der Waals surface area contributed by atoms with Gasteiger partial charge in [-0.3, -0.25) is 0 Å². The zero-order valence-electron chi connectivity index (χ0n) is 25.2. The highest BCUT2D eigenvalue weighted by atomic mass is 16.3. The SMILES string of the molecule is c1ccc(-c2ccc(-c3cc(-c4nc(-c5ccccc5)nc(-c5ccccc5)n4)c4c(c3)oc3nc5ccccc5cc34)cc2)cc1. The fourth-order valence-electron chi connectivity index (χ4n) is 6.19. The van der Waals surface area contributed by atoms with E-state index in [4.69, 9.17) is 24.4 Å². The minimum atomic E-state index is 0.571. The van der Waals surface area contributed by atoms with Crippen LogP contribution in [0.1, 0.15) is 0 Å². The average Bonchev–Trinajstić information content (AvgIpc) is 3.51. The van der Waals surface area contributed by atoms with Crippen molar-refractivity contribution in [3.8, 4) is 56.4 Å². The lowest BCUT2D eigenvalue weighted by atomic mass is 9.96. The molecule has 5 heteroatoms. The first-order valence-corrected chi connectivity index (χ1v) is 15.6. The predicted octanol–water partition coefficient (Wildman–Crippen LogP) is 10.7. The van der Waals surface area contributed by atoms with E-state index in [9.17, 15) is 0 Å². The van der Waals surface area contributed by atoms with E-state index in [0.29, 0.717) is 23.2 Å². The van der Waals surface area contributed by atoms with Gasteiger partial charge in [0.25, 0.3) is 0 Å². The van der Waals surface area contributed by atoms with Crippen molar-refractivity contribution in [2.24, 2.45) is 0 Å². The molecular weight excluding hydrogens is 576 g/mol. The van der Waals surface area contributed by atoms with Crippen molar-refractivity contribution in [1.82, 2.24) is 19.9 Å². The number of hydrogen-bond acceptors (Lipinski definition) is 5. The molecule has 5 nitrogen and oxygen atoms in total. The second kappa shape index (κ2) is 11.2. The molecule has 0 saturated heterocycles. The summed E-state index contributed by atoms with van der Waals surface area (Å²) in [7, 11) is 0. The van der Waals surface area contributed by atoms with Gasteiger partial charge in [0.2, 0.25) is 5.71 Å². The van der Waals surface area contributed by atoms with Crippen LogP contribution in [-0.2, 0) is 0 Å². The van der Waals surface area contributed by atoms with E-state index in [1.54, 1.807) is 0 Å². The van der Waals surface area contributed by atoms with E-state index in [1.807, 2.05) is 84.9 Å². The Bertz CT molecular complexity index is 2490. The van der Waals surface area contributed by atoms with E-state index >= 15 is 0 Å². The lowest BCUT2D eigenvalue weighted by Crippen LogP contribution is -2.00. The molecule has 0 amide bonds. The van der Waals surface area contributed by atoms with Gasteiger partial charge in [-0.2, -0.15) is 0 Å². The van der Waals surface area contributed by atoms with Crippen molar-refractivity contribution in [3.63, 3.8) is 0 Å². The number of rotatable bonds is 5. The molecule has 0 aliphatic carbocycles. The molecule has 0 aliphatic rings. The van der Waals surface area contributed by atoms with Crippen LogP contribution in [0.25, 0.3) is 89.4 Å². The molecule has 0 aliphatic heterocycles. The number of benzene rings is 6. The number of furan rings is 1. The summed E-state index contributed by atoms with van der Waals surface area (Å²) < 4.78 is 6.53. The van der Waals surface area contributed by atoms with E-state index in [2.05, 4.69) is 72.8 Å². The average molecular weight is 603 g/mol. The minimum Gasteiger partial charge on any atom is -0.438 e. The van der Waals surface area contributed by atoms with Gasteiger partial charge < -0.3 is 4.42 Å². The quantitative estimate of drug-likeness (QED) is 0.196. The molecule has 0 atom stereocenters. The maximum absolute atomic E-state index is 6.53. The molecule has 0 unspecified atom stereocenters. The summed E-state index contributed by atoms with van der Waals surface area (Å²) in [5.41, 5.74) is 9.29. The van der Waals surface area contributed by atoms with Gasteiger partial charge in [0.15, 0.2) is 17.5 Å². The number of fused-ring (bicyclic) bond motifs is 4. The second-order valence-electron chi connectivity index (χ2n) is 11.5. The van der Waals surface area contributed by atoms with Crippen LogP contribution in [0.2, 0.25) is 0 Å². The van der Waals surface area contributed by atoms with Crippen molar-refractivity contribution >= 4 is 33.0 Å². The Morgan fingerprint density at radius 2 is 0.894 bits per heavy atom. The second-order valence-corrected chi connectivity index (χ2v) is 11.5. The monoisotopic (exact) mass is 602 g/mol. The molecule has 0 fully saturated rings. The molecule has 6 aromatic carbocycles. The summed E-state index contributed by atoms with van der Waals surface area (Å²) in [4.78, 5) is 20.0. The summed E-state index contributed by atoms with van der Waals surface area (Å²) >= 11 is 0. The van der Waals surface area contributed by atoms with Gasteiger partial charge in [0, 0.05) is 32.8 Å². The van der Waals surface area contributed by atoms with E-state index in [-0.39, 0.29) is 0 Å². The van der Waals surface area contributed by atoms with E-state index < -0.39 is 0 Å². The summed E-state index contributed by atoms with van der Waals surface area (Å²) in [6, 6.07) is 53.6. The number of hydrogen-bond donors (Lipinski definition) is 0. The molecule has 0 radical (unpaired) electrons. The molecule has 0 saturated carbocycles. The minimum absolute atomic E-state index is 0.571. The van der Waals surface area contributed by atoms with Gasteiger partial charge in [-0.15, -0.1) is 0 Å². The summed E-state index contributed by atoms with van der Waals surface area (Å²) in [5, 5.41) is 2.88. The van der Waals surface area contributed by atoms with Gasteiger partial charge >= 0.3 is 0 Å². The summed E-state index contributed by atoms with van der Waals surface area (Å²) in [6.45, 7) is 0. The first kappa shape index (κ1) is 26.9. The van der Waals surface area contributed by atoms with Crippen LogP contribution in [0.15, 0.2) is 162 Å². The highest BCUT2D eigenvalue weighted by Crippen LogP contribution is 2.40. The van der Waals surface area contributed by atoms with Crippen LogP contribution in [-0.4, -0.2) is 19.9 Å². The third kappa shape index (κ3) is 4.91. The van der Waals surface area contributed by atoms with E-state index in [0.717, 1.165) is 60.6 Å². The van der Waals surface area contributed by atoms with Crippen LogP contribution < -0.4 is 0 Å². The van der Waals surface area contributed by atoms with Crippen molar-refractivity contribution in [2.45, 2.75) is 0 Å². The standard InChI is InChI=1S/C42H26N4O/c1-4-12-27(13-5-1)28-20-22-29(23-21-28)33-25-34(38-35-24-32-18-10-11-19-36(32)43-42(35)47-37(38)26-33)41-45-39(30-14-6-2-7-15-30)44-40(46-41)31-16-8-3-9-17-31/h1-26H. The Kier molecular flexibility index (Phi) is 6.39. The third-order valence-electron chi connectivity index (χ3n) is 8.53. The highest BCUT2D eigenvalue weighted by Gasteiger charge is 2.21. The van der Waals surface area contributed by atoms with Crippen LogP contribution in [0.4, 0.5) is 0 Å². The number of pyridine rings is 1. The Labute approximate surface area is 270 Å². The Morgan fingerprint density at radius 3 is 1.53 bits per heavy atom. The lowest BCUT2D eigenvalue weighted by molar-refractivity contribution is 0.656. The van der Waals surface area contributed by atoms with Gasteiger partial charge in [0.1, 0.15) is 5.58 Å². The van der Waals surface area contributed by atoms with Gasteiger partial charge in [-0.1, -0.05) is 133 Å². The van der Waals surface area contributed by atoms with Crippen molar-refractivity contribution in [2.75, 3.05) is 0 Å². The van der Waals surface area contributed by atoms with Crippen molar-refractivity contribution in [1.29, 1.82) is 0 Å². The predicted molar refractivity (Wildman–Crippen MR) is 190 cm³/mol. The Morgan fingerprint density at radius 1 is 0.383 bits per heavy atom. The summed E-state index contributed by atoms with van der Waals surface area (Å²) in [5.74, 6) is 1.79. The molecule has 47 heavy (non-hydrogen) atoms. The molecule has 0 bridgehead atoms. The number of para-hydroxylation sites is 1. The molecular formula is C42H26N4O. The molecule has 9 aromatic rings. The van der Waals surface area contributed by atoms with Crippen LogP contribution in [0.3, 0.4) is 0 Å². The number of nitrogens with zero attached hydrogens (tertiary/aromatic N) is 4. The first-order chi connectivity index (χ1) is 23.3. The zero-order valence-corrected chi connectivity index (χ0v) is 25.2. The molecule has 0 N–H and O–H groups in total. The van der Waals surface area contributed by atoms with Gasteiger partial charge in [-0.25, -0.2) is 19.9 Å². The number of aromatic nitrogens is 4. The smallest absolute Gasteiger partial charge is 0.227 e. The molecule has 0 spiro atoms.